The van der Waals surface area contributed by atoms with Gasteiger partial charge in [0.05, 0.1) is 5.56 Å². The molecule has 2 rings (SSSR count). The van der Waals surface area contributed by atoms with E-state index < -0.39 is 23.9 Å². The molecule has 44 heavy (non-hydrogen) atoms. The molecule has 2 aromatic carbocycles. The molecule has 0 aliphatic carbocycles. The fraction of sp³-hybridized carbons (Fsp3) is 0.543. The molecule has 0 fully saturated rings. The Labute approximate surface area is 261 Å². The summed E-state index contributed by atoms with van der Waals surface area (Å²) < 4.78 is 22.3. The summed E-state index contributed by atoms with van der Waals surface area (Å²) in [5.41, 5.74) is 0.500. The first-order valence-electron chi connectivity index (χ1n) is 16.0. The van der Waals surface area contributed by atoms with E-state index in [9.17, 15) is 24.3 Å². The Bertz CT molecular complexity index is 1160. The minimum atomic E-state index is -0.786. The highest BCUT2D eigenvalue weighted by atomic mass is 16.6. The van der Waals surface area contributed by atoms with Crippen LogP contribution in [-0.4, -0.2) is 29.0 Å². The molecule has 0 unspecified atom stereocenters. The Hall–Kier alpha value is -3.88. The smallest absolute Gasteiger partial charge is 0.338 e. The van der Waals surface area contributed by atoms with E-state index in [2.05, 4.69) is 20.8 Å². The second kappa shape index (κ2) is 20.9. The summed E-state index contributed by atoms with van der Waals surface area (Å²) in [6, 6.07) is 8.79. The number of unbranched alkanes of at least 4 members (excludes halogenated alkanes) is 9. The molecule has 0 aliphatic heterocycles. The van der Waals surface area contributed by atoms with E-state index in [1.165, 1.54) is 24.3 Å². The van der Waals surface area contributed by atoms with Gasteiger partial charge in [0.25, 0.3) is 0 Å². The fourth-order valence-corrected chi connectivity index (χ4v) is 4.43. The normalized spacial score (nSPS) is 10.7. The second-order valence-electron chi connectivity index (χ2n) is 10.9. The maximum Gasteiger partial charge on any atom is 0.338 e. The van der Waals surface area contributed by atoms with E-state index in [-0.39, 0.29) is 54.4 Å². The van der Waals surface area contributed by atoms with Gasteiger partial charge in [-0.1, -0.05) is 90.7 Å². The summed E-state index contributed by atoms with van der Waals surface area (Å²) in [6.07, 6.45) is 10.8. The lowest BCUT2D eigenvalue weighted by Gasteiger charge is -2.16. The van der Waals surface area contributed by atoms with Gasteiger partial charge in [-0.25, -0.2) is 4.79 Å². The average molecular weight is 613 g/mol. The van der Waals surface area contributed by atoms with E-state index in [1.54, 1.807) is 12.1 Å². The highest BCUT2D eigenvalue weighted by molar-refractivity contribution is 5.92. The first-order valence-corrected chi connectivity index (χ1v) is 16.0. The van der Waals surface area contributed by atoms with Gasteiger partial charge < -0.3 is 24.1 Å². The zero-order valence-corrected chi connectivity index (χ0v) is 26.5. The summed E-state index contributed by atoms with van der Waals surface area (Å²) in [5.74, 6) is -3.08. The third-order valence-electron chi connectivity index (χ3n) is 6.90. The van der Waals surface area contributed by atoms with Crippen molar-refractivity contribution in [3.8, 4) is 23.0 Å². The van der Waals surface area contributed by atoms with Crippen molar-refractivity contribution in [3.63, 3.8) is 0 Å². The molecular formula is C35H48O9. The number of carbonyl (C=O) groups is 4. The Kier molecular flexibility index (Phi) is 17.3. The molecular weight excluding hydrogens is 564 g/mol. The summed E-state index contributed by atoms with van der Waals surface area (Å²) >= 11 is 0. The lowest BCUT2D eigenvalue weighted by molar-refractivity contribution is -0.138. The molecule has 9 nitrogen and oxygen atoms in total. The van der Waals surface area contributed by atoms with Crippen LogP contribution < -0.4 is 14.2 Å². The SMILES string of the molecule is CCCCCCC(=O)Oc1cc(C(=O)OCc2cccc(O)c2)cc(OC(=O)CCCCCC)c1OC(=O)CCCCCC. The molecule has 0 bridgehead atoms. The number of aromatic hydroxyl groups is 1. The highest BCUT2D eigenvalue weighted by Gasteiger charge is 2.25. The molecule has 0 aliphatic rings. The van der Waals surface area contributed by atoms with Crippen LogP contribution in [0.1, 0.15) is 133 Å². The molecule has 0 aromatic heterocycles. The minimum absolute atomic E-state index is 0.0284. The molecule has 0 atom stereocenters. The number of phenols is 1. The van der Waals surface area contributed by atoms with Crippen LogP contribution in [0.15, 0.2) is 36.4 Å². The van der Waals surface area contributed by atoms with E-state index >= 15 is 0 Å². The van der Waals surface area contributed by atoms with Crippen molar-refractivity contribution in [1.29, 1.82) is 0 Å². The molecule has 0 saturated carbocycles. The zero-order chi connectivity index (χ0) is 32.2. The molecule has 0 radical (unpaired) electrons. The van der Waals surface area contributed by atoms with Crippen LogP contribution in [0.5, 0.6) is 23.0 Å². The summed E-state index contributed by atoms with van der Waals surface area (Å²) in [5, 5.41) is 9.72. The van der Waals surface area contributed by atoms with E-state index in [4.69, 9.17) is 18.9 Å². The lowest BCUT2D eigenvalue weighted by Crippen LogP contribution is -2.16. The predicted octanol–water partition coefficient (Wildman–Crippen LogP) is 8.38. The van der Waals surface area contributed by atoms with Gasteiger partial charge >= 0.3 is 23.9 Å². The lowest BCUT2D eigenvalue weighted by atomic mass is 10.1. The maximum atomic E-state index is 13.1. The number of benzene rings is 2. The Morgan fingerprint density at radius 1 is 0.614 bits per heavy atom. The standard InChI is InChI=1S/C35H48O9/c1-4-7-10-13-19-31(37)42-29-23-27(35(40)41-25-26-17-16-18-28(36)22-26)24-30(43-32(38)20-14-11-8-5-2)34(29)44-33(39)21-15-12-9-6-3/h16-18,22-24,36H,4-15,19-21,25H2,1-3H3. The van der Waals surface area contributed by atoms with Crippen LogP contribution in [-0.2, 0) is 25.7 Å². The largest absolute Gasteiger partial charge is 0.508 e. The van der Waals surface area contributed by atoms with Gasteiger partial charge in [-0.2, -0.15) is 0 Å². The molecule has 242 valence electrons. The Balaban J connectivity index is 2.39. The molecule has 1 N–H and O–H groups in total. The summed E-state index contributed by atoms with van der Waals surface area (Å²) in [4.78, 5) is 51.6. The van der Waals surface area contributed by atoms with Gasteiger partial charge in [-0.15, -0.1) is 0 Å². The van der Waals surface area contributed by atoms with Crippen LogP contribution >= 0.6 is 0 Å². The number of hydrogen-bond acceptors (Lipinski definition) is 9. The van der Waals surface area contributed by atoms with Crippen LogP contribution in [0.4, 0.5) is 0 Å². The number of hydrogen-bond donors (Lipinski definition) is 1. The molecule has 0 spiro atoms. The van der Waals surface area contributed by atoms with Crippen LogP contribution in [0.3, 0.4) is 0 Å². The maximum absolute atomic E-state index is 13.1. The predicted molar refractivity (Wildman–Crippen MR) is 167 cm³/mol. The molecule has 9 heteroatoms. The van der Waals surface area contributed by atoms with Crippen LogP contribution in [0, 0.1) is 0 Å². The van der Waals surface area contributed by atoms with Crippen molar-refractivity contribution in [2.75, 3.05) is 0 Å². The molecule has 0 saturated heterocycles. The van der Waals surface area contributed by atoms with Crippen molar-refractivity contribution in [3.05, 3.63) is 47.5 Å². The van der Waals surface area contributed by atoms with Crippen molar-refractivity contribution in [1.82, 2.24) is 0 Å². The van der Waals surface area contributed by atoms with Gasteiger partial charge in [0.15, 0.2) is 11.5 Å². The second-order valence-corrected chi connectivity index (χ2v) is 10.9. The van der Waals surface area contributed by atoms with Gasteiger partial charge in [0, 0.05) is 19.3 Å². The van der Waals surface area contributed by atoms with E-state index in [0.29, 0.717) is 24.8 Å². The monoisotopic (exact) mass is 612 g/mol. The van der Waals surface area contributed by atoms with Crippen molar-refractivity contribution in [2.45, 2.75) is 124 Å². The molecule has 0 heterocycles. The number of ether oxygens (including phenoxy) is 4. The fourth-order valence-electron chi connectivity index (χ4n) is 4.43. The summed E-state index contributed by atoms with van der Waals surface area (Å²) in [7, 11) is 0. The molecule has 0 amide bonds. The van der Waals surface area contributed by atoms with Gasteiger partial charge in [0.1, 0.15) is 12.4 Å². The number of esters is 4. The van der Waals surface area contributed by atoms with Crippen molar-refractivity contribution < 1.29 is 43.2 Å². The first kappa shape index (κ1) is 36.3. The zero-order valence-electron chi connectivity index (χ0n) is 26.5. The third-order valence-corrected chi connectivity index (χ3v) is 6.90. The Morgan fingerprint density at radius 3 is 1.55 bits per heavy atom. The van der Waals surface area contributed by atoms with Gasteiger partial charge in [-0.3, -0.25) is 14.4 Å². The number of rotatable bonds is 21. The van der Waals surface area contributed by atoms with E-state index in [1.807, 2.05) is 0 Å². The Morgan fingerprint density at radius 2 is 1.09 bits per heavy atom. The molecule has 2 aromatic rings. The van der Waals surface area contributed by atoms with Crippen LogP contribution in [0.25, 0.3) is 0 Å². The average Bonchev–Trinajstić information content (AvgIpc) is 3.00. The highest BCUT2D eigenvalue weighted by Crippen LogP contribution is 2.40. The minimum Gasteiger partial charge on any atom is -0.508 e. The van der Waals surface area contributed by atoms with Crippen molar-refractivity contribution >= 4 is 23.9 Å². The quantitative estimate of drug-likeness (QED) is 0.0840. The van der Waals surface area contributed by atoms with Crippen molar-refractivity contribution in [2.24, 2.45) is 0 Å². The third kappa shape index (κ3) is 14.1. The summed E-state index contributed by atoms with van der Waals surface area (Å²) in [6.45, 7) is 6.07. The first-order chi connectivity index (χ1) is 21.3. The van der Waals surface area contributed by atoms with Gasteiger partial charge in [0.2, 0.25) is 5.75 Å². The number of phenolic OH excluding ortho intramolecular Hbond substituents is 1. The van der Waals surface area contributed by atoms with E-state index in [0.717, 1.165) is 57.8 Å². The van der Waals surface area contributed by atoms with Gasteiger partial charge in [-0.05, 0) is 49.1 Å². The van der Waals surface area contributed by atoms with Crippen LogP contribution in [0.2, 0.25) is 0 Å². The number of carbonyl (C=O) groups excluding carboxylic acids is 4. The topological polar surface area (TPSA) is 125 Å².